The zero-order chi connectivity index (χ0) is 13.4. The maximum absolute atomic E-state index is 11.5. The number of aliphatic hydroxyl groups excluding tert-OH is 1. The van der Waals surface area contributed by atoms with Gasteiger partial charge in [0.1, 0.15) is 5.82 Å². The molecule has 0 unspecified atom stereocenters. The van der Waals surface area contributed by atoms with Crippen LogP contribution in [0.5, 0.6) is 0 Å². The molecule has 2 amide bonds. The lowest BCUT2D eigenvalue weighted by Crippen LogP contribution is -2.39. The molecule has 0 spiro atoms. The molecule has 18 heavy (non-hydrogen) atoms. The van der Waals surface area contributed by atoms with Gasteiger partial charge in [-0.1, -0.05) is 0 Å². The van der Waals surface area contributed by atoms with E-state index in [0.717, 1.165) is 25.2 Å². The van der Waals surface area contributed by atoms with Crippen molar-refractivity contribution in [1.29, 1.82) is 0 Å². The van der Waals surface area contributed by atoms with Crippen molar-refractivity contribution in [2.24, 2.45) is 0 Å². The number of likely N-dealkylation sites (N-methyl/N-ethyl adjacent to an activating group) is 1. The number of aryl methyl sites for hydroxylation is 2. The molecule has 0 aliphatic heterocycles. The van der Waals surface area contributed by atoms with Crippen molar-refractivity contribution in [3.05, 3.63) is 18.2 Å². The summed E-state index contributed by atoms with van der Waals surface area (Å²) in [6, 6.07) is -0.136. The molecule has 1 aromatic heterocycles. The number of carbonyl (C=O) groups is 1. The summed E-state index contributed by atoms with van der Waals surface area (Å²) in [5.74, 6) is 1.02. The third kappa shape index (κ3) is 4.75. The fraction of sp³-hybridized carbons (Fsp3) is 0.667. The lowest BCUT2D eigenvalue weighted by molar-refractivity contribution is 0.190. The highest BCUT2D eigenvalue weighted by molar-refractivity contribution is 5.73. The lowest BCUT2D eigenvalue weighted by atomic mass is 10.3. The van der Waals surface area contributed by atoms with E-state index >= 15 is 0 Å². The Morgan fingerprint density at radius 2 is 2.33 bits per heavy atom. The molecule has 0 aliphatic carbocycles. The van der Waals surface area contributed by atoms with Gasteiger partial charge in [0, 0.05) is 39.1 Å². The summed E-state index contributed by atoms with van der Waals surface area (Å²) < 4.78 is 2.10. The van der Waals surface area contributed by atoms with Crippen LogP contribution in [0, 0.1) is 6.92 Å². The number of hydrogen-bond acceptors (Lipinski definition) is 3. The van der Waals surface area contributed by atoms with Gasteiger partial charge in [0.25, 0.3) is 0 Å². The van der Waals surface area contributed by atoms with Gasteiger partial charge in [-0.2, -0.15) is 0 Å². The topological polar surface area (TPSA) is 70.4 Å². The van der Waals surface area contributed by atoms with Crippen LogP contribution < -0.4 is 5.32 Å². The average Bonchev–Trinajstić information content (AvgIpc) is 2.74. The van der Waals surface area contributed by atoms with Crippen LogP contribution in [-0.4, -0.2) is 52.3 Å². The second-order valence-corrected chi connectivity index (χ2v) is 4.25. The SMILES string of the molecule is Cc1nccn1CCCCNC(=O)N(C)CCO. The summed E-state index contributed by atoms with van der Waals surface area (Å²) in [5, 5.41) is 11.5. The quantitative estimate of drug-likeness (QED) is 0.700. The molecule has 1 rings (SSSR count). The van der Waals surface area contributed by atoms with Gasteiger partial charge in [-0.3, -0.25) is 0 Å². The van der Waals surface area contributed by atoms with Crippen LogP contribution in [0.25, 0.3) is 0 Å². The van der Waals surface area contributed by atoms with E-state index in [4.69, 9.17) is 5.11 Å². The first kappa shape index (κ1) is 14.5. The average molecular weight is 254 g/mol. The van der Waals surface area contributed by atoms with Gasteiger partial charge in [0.15, 0.2) is 0 Å². The summed E-state index contributed by atoms with van der Waals surface area (Å²) >= 11 is 0. The van der Waals surface area contributed by atoms with Crippen LogP contribution in [-0.2, 0) is 6.54 Å². The summed E-state index contributed by atoms with van der Waals surface area (Å²) in [5.41, 5.74) is 0. The fourth-order valence-corrected chi connectivity index (χ4v) is 1.63. The molecular weight excluding hydrogens is 232 g/mol. The van der Waals surface area contributed by atoms with E-state index in [1.165, 1.54) is 4.90 Å². The van der Waals surface area contributed by atoms with Gasteiger partial charge in [-0.05, 0) is 19.8 Å². The number of nitrogens with zero attached hydrogens (tertiary/aromatic N) is 3. The maximum atomic E-state index is 11.5. The predicted octanol–water partition coefficient (Wildman–Crippen LogP) is 0.605. The molecule has 0 saturated heterocycles. The number of imidazole rings is 1. The number of aromatic nitrogens is 2. The molecule has 102 valence electrons. The lowest BCUT2D eigenvalue weighted by Gasteiger charge is -2.16. The van der Waals surface area contributed by atoms with Crippen molar-refractivity contribution in [3.63, 3.8) is 0 Å². The molecule has 0 bridgehead atoms. The van der Waals surface area contributed by atoms with E-state index in [1.807, 2.05) is 13.1 Å². The highest BCUT2D eigenvalue weighted by atomic mass is 16.3. The Kier molecular flexibility index (Phi) is 6.21. The summed E-state index contributed by atoms with van der Waals surface area (Å²) in [6.45, 7) is 3.91. The molecule has 0 aliphatic rings. The van der Waals surface area contributed by atoms with Crippen LogP contribution in [0.1, 0.15) is 18.7 Å². The molecule has 0 aromatic carbocycles. The van der Waals surface area contributed by atoms with E-state index in [2.05, 4.69) is 14.9 Å². The Bertz CT molecular complexity index is 365. The molecule has 6 nitrogen and oxygen atoms in total. The zero-order valence-corrected chi connectivity index (χ0v) is 11.1. The highest BCUT2D eigenvalue weighted by Gasteiger charge is 2.05. The van der Waals surface area contributed by atoms with E-state index < -0.39 is 0 Å². The zero-order valence-electron chi connectivity index (χ0n) is 11.1. The van der Waals surface area contributed by atoms with Gasteiger partial charge in [-0.25, -0.2) is 9.78 Å². The van der Waals surface area contributed by atoms with Crippen LogP contribution in [0.3, 0.4) is 0 Å². The van der Waals surface area contributed by atoms with Gasteiger partial charge in [0.2, 0.25) is 0 Å². The number of carbonyl (C=O) groups excluding carboxylic acids is 1. The van der Waals surface area contributed by atoms with E-state index in [9.17, 15) is 4.79 Å². The van der Waals surface area contributed by atoms with Crippen LogP contribution >= 0.6 is 0 Å². The Hall–Kier alpha value is -1.56. The van der Waals surface area contributed by atoms with E-state index in [-0.39, 0.29) is 12.6 Å². The second-order valence-electron chi connectivity index (χ2n) is 4.25. The van der Waals surface area contributed by atoms with Gasteiger partial charge >= 0.3 is 6.03 Å². The first-order valence-electron chi connectivity index (χ1n) is 6.22. The number of unbranched alkanes of at least 4 members (excludes halogenated alkanes) is 1. The normalized spacial score (nSPS) is 10.4. The van der Waals surface area contributed by atoms with Gasteiger partial charge in [0.05, 0.1) is 6.61 Å². The number of rotatable bonds is 7. The molecule has 0 fully saturated rings. The number of aliphatic hydroxyl groups is 1. The Labute approximate surface area is 108 Å². The van der Waals surface area contributed by atoms with Crippen molar-refractivity contribution in [2.45, 2.75) is 26.3 Å². The minimum atomic E-state index is -0.136. The van der Waals surface area contributed by atoms with Crippen molar-refractivity contribution in [2.75, 3.05) is 26.7 Å². The van der Waals surface area contributed by atoms with Crippen molar-refractivity contribution in [3.8, 4) is 0 Å². The summed E-state index contributed by atoms with van der Waals surface area (Å²) in [6.07, 6.45) is 5.68. The maximum Gasteiger partial charge on any atom is 0.317 e. The fourth-order valence-electron chi connectivity index (χ4n) is 1.63. The Morgan fingerprint density at radius 1 is 1.56 bits per heavy atom. The largest absolute Gasteiger partial charge is 0.395 e. The second kappa shape index (κ2) is 7.71. The Balaban J connectivity index is 2.08. The van der Waals surface area contributed by atoms with Crippen molar-refractivity contribution >= 4 is 6.03 Å². The first-order chi connectivity index (χ1) is 8.65. The van der Waals surface area contributed by atoms with Crippen molar-refractivity contribution in [1.82, 2.24) is 19.8 Å². The third-order valence-corrected chi connectivity index (χ3v) is 2.81. The highest BCUT2D eigenvalue weighted by Crippen LogP contribution is 1.99. The molecule has 2 N–H and O–H groups in total. The number of hydrogen-bond donors (Lipinski definition) is 2. The van der Waals surface area contributed by atoms with Crippen LogP contribution in [0.4, 0.5) is 4.79 Å². The summed E-state index contributed by atoms with van der Waals surface area (Å²) in [4.78, 5) is 17.1. The molecule has 0 radical (unpaired) electrons. The summed E-state index contributed by atoms with van der Waals surface area (Å²) in [7, 11) is 1.67. The molecule has 1 heterocycles. The molecular formula is C12H22N4O2. The first-order valence-corrected chi connectivity index (χ1v) is 6.22. The molecule has 0 atom stereocenters. The number of nitrogens with one attached hydrogen (secondary N) is 1. The smallest absolute Gasteiger partial charge is 0.317 e. The minimum Gasteiger partial charge on any atom is -0.395 e. The van der Waals surface area contributed by atoms with Gasteiger partial charge < -0.3 is 19.9 Å². The Morgan fingerprint density at radius 3 is 2.94 bits per heavy atom. The third-order valence-electron chi connectivity index (χ3n) is 2.81. The predicted molar refractivity (Wildman–Crippen MR) is 69.3 cm³/mol. The van der Waals surface area contributed by atoms with E-state index in [0.29, 0.717) is 13.1 Å². The van der Waals surface area contributed by atoms with E-state index in [1.54, 1.807) is 13.2 Å². The molecule has 0 saturated carbocycles. The van der Waals surface area contributed by atoms with Crippen LogP contribution in [0.2, 0.25) is 0 Å². The van der Waals surface area contributed by atoms with Crippen molar-refractivity contribution < 1.29 is 9.90 Å². The van der Waals surface area contributed by atoms with Crippen LogP contribution in [0.15, 0.2) is 12.4 Å². The van der Waals surface area contributed by atoms with Gasteiger partial charge in [-0.15, -0.1) is 0 Å². The number of urea groups is 1. The molecule has 1 aromatic rings. The monoisotopic (exact) mass is 254 g/mol. The number of amides is 2. The minimum absolute atomic E-state index is 0.0101. The standard InChI is InChI=1S/C12H22N4O2/c1-11-13-6-8-16(11)7-4-3-5-14-12(18)15(2)9-10-17/h6,8,17H,3-5,7,9-10H2,1-2H3,(H,14,18). The molecule has 6 heteroatoms.